The van der Waals surface area contributed by atoms with Gasteiger partial charge < -0.3 is 5.32 Å². The van der Waals surface area contributed by atoms with E-state index in [4.69, 9.17) is 0 Å². The van der Waals surface area contributed by atoms with Crippen LogP contribution < -0.4 is 5.32 Å². The first kappa shape index (κ1) is 15.1. The predicted octanol–water partition coefficient (Wildman–Crippen LogP) is 3.45. The summed E-state index contributed by atoms with van der Waals surface area (Å²) in [7, 11) is 0. The third-order valence-electron chi connectivity index (χ3n) is 3.99. The van der Waals surface area contributed by atoms with E-state index in [9.17, 15) is 13.2 Å². The number of anilines is 1. The molecule has 0 bridgehead atoms. The van der Waals surface area contributed by atoms with Gasteiger partial charge in [0.15, 0.2) is 5.69 Å². The third kappa shape index (κ3) is 2.74. The Labute approximate surface area is 126 Å². The molecule has 2 aromatic heterocycles. The van der Waals surface area contributed by atoms with E-state index in [2.05, 4.69) is 20.4 Å². The fourth-order valence-electron chi connectivity index (χ4n) is 3.01. The van der Waals surface area contributed by atoms with E-state index >= 15 is 0 Å². The number of hydrogen-bond donors (Lipinski definition) is 1. The van der Waals surface area contributed by atoms with Gasteiger partial charge in [-0.3, -0.25) is 0 Å². The van der Waals surface area contributed by atoms with Gasteiger partial charge in [-0.05, 0) is 19.3 Å². The van der Waals surface area contributed by atoms with Crippen LogP contribution in [0.2, 0.25) is 0 Å². The van der Waals surface area contributed by atoms with Crippen molar-refractivity contribution >= 4 is 11.6 Å². The highest BCUT2D eigenvalue weighted by atomic mass is 19.4. The predicted molar refractivity (Wildman–Crippen MR) is 75.7 cm³/mol. The van der Waals surface area contributed by atoms with Gasteiger partial charge in [0.25, 0.3) is 5.78 Å². The van der Waals surface area contributed by atoms with Gasteiger partial charge in [0.1, 0.15) is 12.1 Å². The lowest BCUT2D eigenvalue weighted by atomic mass is 10.1. The maximum atomic E-state index is 13.4. The van der Waals surface area contributed by atoms with Crippen molar-refractivity contribution in [3.8, 4) is 0 Å². The summed E-state index contributed by atoms with van der Waals surface area (Å²) in [6.45, 7) is 1.85. The number of hydrogen-bond acceptors (Lipinski definition) is 4. The molecule has 0 radical (unpaired) electrons. The highest BCUT2D eigenvalue weighted by molar-refractivity contribution is 5.54. The minimum absolute atomic E-state index is 0.0207. The van der Waals surface area contributed by atoms with Crippen LogP contribution in [0.3, 0.4) is 0 Å². The lowest BCUT2D eigenvalue weighted by Crippen LogP contribution is -2.23. The topological polar surface area (TPSA) is 55.1 Å². The quantitative estimate of drug-likeness (QED) is 0.939. The summed E-state index contributed by atoms with van der Waals surface area (Å²) in [6.07, 6.45) is 1.76. The van der Waals surface area contributed by atoms with Crippen LogP contribution in [0.25, 0.3) is 5.78 Å². The van der Waals surface area contributed by atoms with E-state index < -0.39 is 11.9 Å². The van der Waals surface area contributed by atoms with Crippen LogP contribution in [-0.2, 0) is 12.6 Å². The lowest BCUT2D eigenvalue weighted by molar-refractivity contribution is -0.141. The van der Waals surface area contributed by atoms with Crippen LogP contribution in [0.15, 0.2) is 6.33 Å². The number of aromatic nitrogens is 4. The molecule has 0 amide bonds. The molecule has 1 fully saturated rings. The van der Waals surface area contributed by atoms with Crippen molar-refractivity contribution < 1.29 is 13.2 Å². The summed E-state index contributed by atoms with van der Waals surface area (Å²) < 4.78 is 41.4. The summed E-state index contributed by atoms with van der Waals surface area (Å²) in [4.78, 5) is 7.51. The molecule has 1 aliphatic rings. The molecule has 2 heterocycles. The third-order valence-corrected chi connectivity index (χ3v) is 3.99. The Morgan fingerprint density at radius 2 is 2.05 bits per heavy atom. The molecule has 0 atom stereocenters. The second-order valence-corrected chi connectivity index (χ2v) is 5.63. The van der Waals surface area contributed by atoms with E-state index in [0.717, 1.165) is 25.7 Å². The fourth-order valence-corrected chi connectivity index (χ4v) is 3.01. The van der Waals surface area contributed by atoms with Gasteiger partial charge in [-0.2, -0.15) is 27.8 Å². The maximum absolute atomic E-state index is 13.4. The van der Waals surface area contributed by atoms with E-state index in [1.165, 1.54) is 10.8 Å². The van der Waals surface area contributed by atoms with E-state index in [-0.39, 0.29) is 17.4 Å². The van der Waals surface area contributed by atoms with Gasteiger partial charge in [0.05, 0.1) is 0 Å². The molecular weight excluding hydrogens is 295 g/mol. The van der Waals surface area contributed by atoms with Gasteiger partial charge >= 0.3 is 6.18 Å². The summed E-state index contributed by atoms with van der Waals surface area (Å²) in [6, 6.07) is 0.187. The molecule has 0 saturated heterocycles. The molecule has 1 saturated carbocycles. The van der Waals surface area contributed by atoms with Crippen molar-refractivity contribution in [3.63, 3.8) is 0 Å². The zero-order valence-electron chi connectivity index (χ0n) is 12.3. The molecule has 2 aromatic rings. The smallest absolute Gasteiger partial charge is 0.367 e. The summed E-state index contributed by atoms with van der Waals surface area (Å²) in [5.74, 6) is 0.372. The Morgan fingerprint density at radius 1 is 1.32 bits per heavy atom. The largest absolute Gasteiger partial charge is 0.433 e. The normalized spacial score (nSPS) is 16.5. The lowest BCUT2D eigenvalue weighted by Gasteiger charge is -2.20. The number of rotatable bonds is 4. The molecule has 22 heavy (non-hydrogen) atoms. The second-order valence-electron chi connectivity index (χ2n) is 5.63. The number of nitrogens with zero attached hydrogens (tertiary/aromatic N) is 4. The van der Waals surface area contributed by atoms with Gasteiger partial charge in [0.2, 0.25) is 0 Å². The van der Waals surface area contributed by atoms with Gasteiger partial charge in [-0.1, -0.05) is 26.2 Å². The van der Waals surface area contributed by atoms with Crippen LogP contribution >= 0.6 is 0 Å². The molecule has 8 heteroatoms. The standard InChI is InChI=1S/C14H18F3N5/c1-2-5-10-11(14(15,16)17)21-13-18-8-19-22(13)12(10)20-9-6-3-4-7-9/h8-9,20H,2-7H2,1H3. The van der Waals surface area contributed by atoms with Crippen LogP contribution in [0.5, 0.6) is 0 Å². The molecule has 1 N–H and O–H groups in total. The molecule has 3 rings (SSSR count). The first-order valence-electron chi connectivity index (χ1n) is 7.57. The Bertz CT molecular complexity index is 658. The Hall–Kier alpha value is -1.86. The molecular formula is C14H18F3N5. The van der Waals surface area contributed by atoms with Crippen molar-refractivity contribution in [1.82, 2.24) is 19.6 Å². The van der Waals surface area contributed by atoms with Crippen LogP contribution in [-0.4, -0.2) is 25.6 Å². The second kappa shape index (κ2) is 5.73. The molecule has 0 aromatic carbocycles. The van der Waals surface area contributed by atoms with Crippen LogP contribution in [0.1, 0.15) is 50.3 Å². The minimum atomic E-state index is -4.50. The molecule has 0 spiro atoms. The maximum Gasteiger partial charge on any atom is 0.433 e. The van der Waals surface area contributed by atoms with Crippen LogP contribution in [0.4, 0.5) is 19.0 Å². The summed E-state index contributed by atoms with van der Waals surface area (Å²) in [5, 5.41) is 7.30. The highest BCUT2D eigenvalue weighted by Gasteiger charge is 2.38. The Kier molecular flexibility index (Phi) is 3.92. The number of alkyl halides is 3. The van der Waals surface area contributed by atoms with E-state index in [1.54, 1.807) is 0 Å². The molecule has 0 aliphatic heterocycles. The fraction of sp³-hybridized carbons (Fsp3) is 0.643. The van der Waals surface area contributed by atoms with Crippen molar-refractivity contribution in [2.24, 2.45) is 0 Å². The molecule has 5 nitrogen and oxygen atoms in total. The summed E-state index contributed by atoms with van der Waals surface area (Å²) in [5.41, 5.74) is -0.671. The van der Waals surface area contributed by atoms with E-state index in [0.29, 0.717) is 18.7 Å². The van der Waals surface area contributed by atoms with Crippen molar-refractivity contribution in [3.05, 3.63) is 17.6 Å². The average molecular weight is 313 g/mol. The van der Waals surface area contributed by atoms with Crippen molar-refractivity contribution in [2.75, 3.05) is 5.32 Å². The van der Waals surface area contributed by atoms with Crippen molar-refractivity contribution in [2.45, 2.75) is 57.7 Å². The summed E-state index contributed by atoms with van der Waals surface area (Å²) >= 11 is 0. The first-order chi connectivity index (χ1) is 10.5. The van der Waals surface area contributed by atoms with Gasteiger partial charge in [-0.15, -0.1) is 0 Å². The average Bonchev–Trinajstić information content (AvgIpc) is 3.10. The van der Waals surface area contributed by atoms with Crippen molar-refractivity contribution in [1.29, 1.82) is 0 Å². The zero-order valence-corrected chi connectivity index (χ0v) is 12.3. The number of halogens is 3. The Balaban J connectivity index is 2.15. The monoisotopic (exact) mass is 313 g/mol. The van der Waals surface area contributed by atoms with Gasteiger partial charge in [-0.25, -0.2) is 4.98 Å². The first-order valence-corrected chi connectivity index (χ1v) is 7.57. The van der Waals surface area contributed by atoms with E-state index in [1.807, 2.05) is 6.92 Å². The number of fused-ring (bicyclic) bond motifs is 1. The van der Waals surface area contributed by atoms with Gasteiger partial charge in [0, 0.05) is 11.6 Å². The molecule has 1 aliphatic carbocycles. The van der Waals surface area contributed by atoms with Crippen LogP contribution in [0, 0.1) is 0 Å². The minimum Gasteiger partial charge on any atom is -0.367 e. The Morgan fingerprint density at radius 3 is 2.68 bits per heavy atom. The number of nitrogens with one attached hydrogen (secondary N) is 1. The molecule has 0 unspecified atom stereocenters. The zero-order chi connectivity index (χ0) is 15.7. The molecule has 120 valence electrons. The highest BCUT2D eigenvalue weighted by Crippen LogP contribution is 2.35. The SMILES string of the molecule is CCCc1c(C(F)(F)F)nc2ncnn2c1NC1CCCC1.